The average Bonchev–Trinajstić information content (AvgIpc) is 2.76. The van der Waals surface area contributed by atoms with Gasteiger partial charge in [0, 0.05) is 18.7 Å². The molecular weight excluding hydrogens is 260 g/mol. The van der Waals surface area contributed by atoms with E-state index >= 15 is 0 Å². The minimum absolute atomic E-state index is 0.547. The number of nitrogens with zero attached hydrogens (tertiary/aromatic N) is 2. The lowest BCUT2D eigenvalue weighted by molar-refractivity contribution is 0.112. The summed E-state index contributed by atoms with van der Waals surface area (Å²) in [6.07, 6.45) is 2.92. The van der Waals surface area contributed by atoms with Crippen molar-refractivity contribution in [3.05, 3.63) is 64.7 Å². The largest absolute Gasteiger partial charge is 0.366 e. The molecule has 0 spiro atoms. The second kappa shape index (κ2) is 5.80. The molecule has 1 aliphatic heterocycles. The van der Waals surface area contributed by atoms with Crippen LogP contribution in [0.3, 0.4) is 0 Å². The van der Waals surface area contributed by atoms with Crippen LogP contribution in [0, 0.1) is 11.3 Å². The predicted octanol–water partition coefficient (Wildman–Crippen LogP) is 3.32. The Morgan fingerprint density at radius 1 is 1.14 bits per heavy atom. The van der Waals surface area contributed by atoms with E-state index in [0.29, 0.717) is 11.1 Å². The van der Waals surface area contributed by atoms with E-state index in [9.17, 15) is 10.1 Å². The quantitative estimate of drug-likeness (QED) is 0.790. The van der Waals surface area contributed by atoms with Crippen LogP contribution in [0.1, 0.15) is 33.5 Å². The van der Waals surface area contributed by atoms with Gasteiger partial charge in [0.15, 0.2) is 0 Å². The van der Waals surface area contributed by atoms with Crippen LogP contribution in [0.15, 0.2) is 42.5 Å². The third kappa shape index (κ3) is 2.66. The number of anilines is 1. The van der Waals surface area contributed by atoms with Gasteiger partial charge in [0.25, 0.3) is 0 Å². The normalized spacial score (nSPS) is 14.0. The van der Waals surface area contributed by atoms with Gasteiger partial charge in [-0.1, -0.05) is 24.3 Å². The molecule has 0 unspecified atom stereocenters. The minimum atomic E-state index is 0.547. The fourth-order valence-electron chi connectivity index (χ4n) is 2.90. The summed E-state index contributed by atoms with van der Waals surface area (Å²) in [6.45, 7) is 1.73. The summed E-state index contributed by atoms with van der Waals surface area (Å²) in [5.74, 6) is 0. The lowest BCUT2D eigenvalue weighted by Crippen LogP contribution is -2.23. The number of aryl methyl sites for hydroxylation is 1. The van der Waals surface area contributed by atoms with E-state index < -0.39 is 0 Å². The molecule has 0 bridgehead atoms. The summed E-state index contributed by atoms with van der Waals surface area (Å²) >= 11 is 0. The zero-order chi connectivity index (χ0) is 14.7. The van der Waals surface area contributed by atoms with E-state index in [-0.39, 0.29) is 0 Å². The average molecular weight is 276 g/mol. The Balaban J connectivity index is 1.98. The van der Waals surface area contributed by atoms with Crippen molar-refractivity contribution in [2.75, 3.05) is 11.4 Å². The van der Waals surface area contributed by atoms with Crippen LogP contribution in [0.2, 0.25) is 0 Å². The summed E-state index contributed by atoms with van der Waals surface area (Å²) in [7, 11) is 0. The maximum absolute atomic E-state index is 10.9. The molecule has 0 fully saturated rings. The summed E-state index contributed by atoms with van der Waals surface area (Å²) in [5.41, 5.74) is 4.74. The molecule has 1 aliphatic rings. The van der Waals surface area contributed by atoms with Crippen molar-refractivity contribution in [3.8, 4) is 6.07 Å². The Morgan fingerprint density at radius 3 is 2.71 bits per heavy atom. The molecule has 0 saturated heterocycles. The maximum atomic E-state index is 10.9. The number of carbonyl (C=O) groups is 1. The number of aldehydes is 1. The second-order valence-corrected chi connectivity index (χ2v) is 5.30. The van der Waals surface area contributed by atoms with Gasteiger partial charge in [-0.2, -0.15) is 5.26 Å². The van der Waals surface area contributed by atoms with Crippen LogP contribution in [0.4, 0.5) is 5.69 Å². The minimum Gasteiger partial charge on any atom is -0.366 e. The smallest absolute Gasteiger partial charge is 0.150 e. The van der Waals surface area contributed by atoms with Gasteiger partial charge >= 0.3 is 0 Å². The monoisotopic (exact) mass is 276 g/mol. The highest BCUT2D eigenvalue weighted by Gasteiger charge is 2.17. The molecule has 0 N–H and O–H groups in total. The van der Waals surface area contributed by atoms with Crippen LogP contribution >= 0.6 is 0 Å². The lowest BCUT2D eigenvalue weighted by Gasteiger charge is -2.24. The number of hydrogen-bond donors (Lipinski definition) is 0. The van der Waals surface area contributed by atoms with E-state index in [4.69, 9.17) is 0 Å². The van der Waals surface area contributed by atoms with Crippen molar-refractivity contribution >= 4 is 12.0 Å². The van der Waals surface area contributed by atoms with Gasteiger partial charge in [0.2, 0.25) is 0 Å². The Hall–Kier alpha value is -2.60. The Kier molecular flexibility index (Phi) is 3.70. The number of nitriles is 1. The van der Waals surface area contributed by atoms with E-state index in [1.165, 1.54) is 11.1 Å². The topological polar surface area (TPSA) is 44.1 Å². The molecule has 1 heterocycles. The molecule has 3 nitrogen and oxygen atoms in total. The van der Waals surface area contributed by atoms with Gasteiger partial charge in [-0.15, -0.1) is 0 Å². The first-order chi connectivity index (χ1) is 10.3. The standard InChI is InChI=1S/C18H16N2O/c19-11-17-10-14(13-21)7-8-18(17)20-9-3-6-15-4-1-2-5-16(15)12-20/h1-2,4-5,7-8,10,13H,3,6,9,12H2. The lowest BCUT2D eigenvalue weighted by atomic mass is 10.0. The molecule has 104 valence electrons. The Labute approximate surface area is 124 Å². The molecule has 3 rings (SSSR count). The fraction of sp³-hybridized carbons (Fsp3) is 0.222. The van der Waals surface area contributed by atoms with Gasteiger partial charge in [-0.05, 0) is 42.2 Å². The molecule has 0 aliphatic carbocycles. The molecule has 21 heavy (non-hydrogen) atoms. The van der Waals surface area contributed by atoms with Crippen molar-refractivity contribution in [3.63, 3.8) is 0 Å². The zero-order valence-electron chi connectivity index (χ0n) is 11.7. The maximum Gasteiger partial charge on any atom is 0.150 e. The first-order valence-electron chi connectivity index (χ1n) is 7.13. The van der Waals surface area contributed by atoms with Crippen molar-refractivity contribution in [1.82, 2.24) is 0 Å². The highest BCUT2D eigenvalue weighted by atomic mass is 16.1. The summed E-state index contributed by atoms with van der Waals surface area (Å²) in [6, 6.07) is 16.0. The van der Waals surface area contributed by atoms with E-state index in [1.807, 2.05) is 6.07 Å². The fourth-order valence-corrected chi connectivity index (χ4v) is 2.90. The molecule has 0 atom stereocenters. The summed E-state index contributed by atoms with van der Waals surface area (Å²) in [5, 5.41) is 9.34. The number of rotatable bonds is 2. The molecule has 0 radical (unpaired) electrons. The van der Waals surface area contributed by atoms with Gasteiger partial charge in [-0.25, -0.2) is 0 Å². The summed E-state index contributed by atoms with van der Waals surface area (Å²) < 4.78 is 0. The Bertz CT molecular complexity index is 715. The number of benzene rings is 2. The third-order valence-corrected chi connectivity index (χ3v) is 3.97. The number of fused-ring (bicyclic) bond motifs is 1. The van der Waals surface area contributed by atoms with Crippen molar-refractivity contribution in [1.29, 1.82) is 5.26 Å². The molecule has 0 aromatic heterocycles. The van der Waals surface area contributed by atoms with Gasteiger partial charge < -0.3 is 4.90 Å². The predicted molar refractivity (Wildman–Crippen MR) is 82.4 cm³/mol. The molecule has 2 aromatic rings. The van der Waals surface area contributed by atoms with Gasteiger partial charge in [0.05, 0.1) is 11.3 Å². The molecular formula is C18H16N2O. The van der Waals surface area contributed by atoms with Crippen molar-refractivity contribution < 1.29 is 4.79 Å². The van der Waals surface area contributed by atoms with Crippen LogP contribution < -0.4 is 4.90 Å². The van der Waals surface area contributed by atoms with E-state index in [1.54, 1.807) is 12.1 Å². The second-order valence-electron chi connectivity index (χ2n) is 5.30. The van der Waals surface area contributed by atoms with E-state index in [0.717, 1.165) is 37.9 Å². The van der Waals surface area contributed by atoms with E-state index in [2.05, 4.69) is 35.2 Å². The summed E-state index contributed by atoms with van der Waals surface area (Å²) in [4.78, 5) is 13.1. The third-order valence-electron chi connectivity index (χ3n) is 3.97. The van der Waals surface area contributed by atoms with Gasteiger partial charge in [-0.3, -0.25) is 4.79 Å². The molecule has 0 amide bonds. The van der Waals surface area contributed by atoms with Crippen LogP contribution in [-0.4, -0.2) is 12.8 Å². The number of carbonyl (C=O) groups excluding carboxylic acids is 1. The molecule has 3 heteroatoms. The van der Waals surface area contributed by atoms with Crippen LogP contribution in [0.25, 0.3) is 0 Å². The van der Waals surface area contributed by atoms with Crippen LogP contribution in [-0.2, 0) is 13.0 Å². The van der Waals surface area contributed by atoms with Crippen molar-refractivity contribution in [2.24, 2.45) is 0 Å². The van der Waals surface area contributed by atoms with Crippen molar-refractivity contribution in [2.45, 2.75) is 19.4 Å². The highest BCUT2D eigenvalue weighted by molar-refractivity contribution is 5.78. The molecule has 2 aromatic carbocycles. The highest BCUT2D eigenvalue weighted by Crippen LogP contribution is 2.27. The first kappa shape index (κ1) is 13.4. The van der Waals surface area contributed by atoms with Gasteiger partial charge in [0.1, 0.15) is 12.4 Å². The molecule has 0 saturated carbocycles. The number of hydrogen-bond acceptors (Lipinski definition) is 3. The first-order valence-corrected chi connectivity index (χ1v) is 7.13. The Morgan fingerprint density at radius 2 is 1.95 bits per heavy atom. The SMILES string of the molecule is N#Cc1cc(C=O)ccc1N1CCCc2ccccc2C1. The zero-order valence-corrected chi connectivity index (χ0v) is 11.7. The van der Waals surface area contributed by atoms with Crippen LogP contribution in [0.5, 0.6) is 0 Å².